The number of halogens is 1. The highest BCUT2D eigenvalue weighted by molar-refractivity contribution is 5.74. The van der Waals surface area contributed by atoms with Crippen LogP contribution in [0.4, 0.5) is 9.18 Å². The van der Waals surface area contributed by atoms with E-state index in [9.17, 15) is 9.18 Å². The molecule has 1 heterocycles. The van der Waals surface area contributed by atoms with Crippen molar-refractivity contribution in [2.75, 3.05) is 26.2 Å². The van der Waals surface area contributed by atoms with Gasteiger partial charge in [0.05, 0.1) is 6.61 Å². The molecule has 0 bridgehead atoms. The van der Waals surface area contributed by atoms with E-state index in [1.54, 1.807) is 12.1 Å². The number of nitrogens with zero attached hydrogens (tertiary/aromatic N) is 1. The summed E-state index contributed by atoms with van der Waals surface area (Å²) < 4.78 is 18.9. The Balaban J connectivity index is 1.57. The highest BCUT2D eigenvalue weighted by atomic mass is 19.1. The van der Waals surface area contributed by atoms with Crippen LogP contribution in [-0.4, -0.2) is 37.2 Å². The van der Waals surface area contributed by atoms with Gasteiger partial charge >= 0.3 is 6.03 Å². The van der Waals surface area contributed by atoms with Crippen LogP contribution in [0, 0.1) is 17.7 Å². The standard InChI is InChI=1S/C24H32FN3O2/c1-18(2)17-30-23-9-5-19(6-10-23)14-27-24(29)28(16-21-11-12-26-13-21)15-20-3-7-22(25)8-4-20/h3-10,18,21,26H,11-17H2,1-2H3,(H,27,29)/t21-/m0/s1. The molecule has 6 heteroatoms. The summed E-state index contributed by atoms with van der Waals surface area (Å²) in [6.07, 6.45) is 1.06. The van der Waals surface area contributed by atoms with Crippen LogP contribution in [0.1, 0.15) is 31.4 Å². The number of ether oxygens (including phenoxy) is 1. The van der Waals surface area contributed by atoms with Crippen molar-refractivity contribution in [3.63, 3.8) is 0 Å². The van der Waals surface area contributed by atoms with E-state index in [2.05, 4.69) is 24.5 Å². The summed E-state index contributed by atoms with van der Waals surface area (Å²) in [5.74, 6) is 1.49. The number of hydrogen-bond donors (Lipinski definition) is 2. The lowest BCUT2D eigenvalue weighted by Crippen LogP contribution is -2.42. The van der Waals surface area contributed by atoms with Crippen LogP contribution in [0.3, 0.4) is 0 Å². The first-order valence-electron chi connectivity index (χ1n) is 10.7. The van der Waals surface area contributed by atoms with Gasteiger partial charge in [-0.2, -0.15) is 0 Å². The van der Waals surface area contributed by atoms with Crippen LogP contribution in [0.5, 0.6) is 5.75 Å². The van der Waals surface area contributed by atoms with Gasteiger partial charge in [-0.25, -0.2) is 9.18 Å². The van der Waals surface area contributed by atoms with Gasteiger partial charge in [-0.15, -0.1) is 0 Å². The van der Waals surface area contributed by atoms with Crippen molar-refractivity contribution in [2.24, 2.45) is 11.8 Å². The van der Waals surface area contributed by atoms with E-state index >= 15 is 0 Å². The molecule has 1 saturated heterocycles. The zero-order valence-corrected chi connectivity index (χ0v) is 17.9. The fourth-order valence-electron chi connectivity index (χ4n) is 3.47. The van der Waals surface area contributed by atoms with Gasteiger partial charge in [0.1, 0.15) is 11.6 Å². The molecule has 1 aliphatic rings. The van der Waals surface area contributed by atoms with Gasteiger partial charge in [-0.3, -0.25) is 0 Å². The first-order valence-corrected chi connectivity index (χ1v) is 10.7. The third-order valence-corrected chi connectivity index (χ3v) is 5.17. The van der Waals surface area contributed by atoms with Crippen LogP contribution in [0.15, 0.2) is 48.5 Å². The Morgan fingerprint density at radius 2 is 1.87 bits per heavy atom. The lowest BCUT2D eigenvalue weighted by Gasteiger charge is -2.26. The number of benzene rings is 2. The van der Waals surface area contributed by atoms with Crippen LogP contribution < -0.4 is 15.4 Å². The zero-order valence-electron chi connectivity index (χ0n) is 17.9. The quantitative estimate of drug-likeness (QED) is 0.648. The van der Waals surface area contributed by atoms with E-state index in [1.807, 2.05) is 29.2 Å². The summed E-state index contributed by atoms with van der Waals surface area (Å²) in [6.45, 7) is 8.42. The van der Waals surface area contributed by atoms with E-state index in [0.717, 1.165) is 36.4 Å². The van der Waals surface area contributed by atoms with Crippen LogP contribution in [0.25, 0.3) is 0 Å². The van der Waals surface area contributed by atoms with Gasteiger partial charge in [-0.05, 0) is 66.7 Å². The molecule has 3 rings (SSSR count). The minimum Gasteiger partial charge on any atom is -0.493 e. The third-order valence-electron chi connectivity index (χ3n) is 5.17. The molecular formula is C24H32FN3O2. The predicted molar refractivity (Wildman–Crippen MR) is 117 cm³/mol. The Bertz CT molecular complexity index is 787. The molecule has 2 amide bonds. The lowest BCUT2D eigenvalue weighted by atomic mass is 10.1. The average molecular weight is 414 g/mol. The molecule has 1 atom stereocenters. The molecule has 30 heavy (non-hydrogen) atoms. The minimum absolute atomic E-state index is 0.105. The van der Waals surface area contributed by atoms with Crippen LogP contribution >= 0.6 is 0 Å². The van der Waals surface area contributed by atoms with E-state index in [4.69, 9.17) is 4.74 Å². The molecule has 0 unspecified atom stereocenters. The molecular weight excluding hydrogens is 381 g/mol. The maximum Gasteiger partial charge on any atom is 0.317 e. The van der Waals surface area contributed by atoms with E-state index in [1.165, 1.54) is 12.1 Å². The summed E-state index contributed by atoms with van der Waals surface area (Å²) >= 11 is 0. The number of nitrogens with one attached hydrogen (secondary N) is 2. The Hall–Kier alpha value is -2.60. The van der Waals surface area contributed by atoms with Crippen molar-refractivity contribution in [3.05, 3.63) is 65.5 Å². The Morgan fingerprint density at radius 1 is 1.17 bits per heavy atom. The number of carbonyl (C=O) groups is 1. The predicted octanol–water partition coefficient (Wildman–Crippen LogP) is 4.18. The van der Waals surface area contributed by atoms with Crippen molar-refractivity contribution in [3.8, 4) is 5.75 Å². The fraction of sp³-hybridized carbons (Fsp3) is 0.458. The van der Waals surface area contributed by atoms with E-state index in [0.29, 0.717) is 38.1 Å². The van der Waals surface area contributed by atoms with Crippen LogP contribution in [0.2, 0.25) is 0 Å². The molecule has 0 aromatic heterocycles. The average Bonchev–Trinajstić information content (AvgIpc) is 3.25. The van der Waals surface area contributed by atoms with E-state index < -0.39 is 0 Å². The second-order valence-electron chi connectivity index (χ2n) is 8.37. The largest absolute Gasteiger partial charge is 0.493 e. The zero-order chi connectivity index (χ0) is 21.3. The molecule has 162 valence electrons. The smallest absolute Gasteiger partial charge is 0.317 e. The monoisotopic (exact) mass is 413 g/mol. The summed E-state index contributed by atoms with van der Waals surface area (Å²) in [4.78, 5) is 14.7. The Labute approximate surface area is 178 Å². The molecule has 1 fully saturated rings. The highest BCUT2D eigenvalue weighted by Crippen LogP contribution is 2.15. The molecule has 0 aliphatic carbocycles. The molecule has 2 aromatic rings. The fourth-order valence-corrected chi connectivity index (χ4v) is 3.47. The highest BCUT2D eigenvalue weighted by Gasteiger charge is 2.22. The first kappa shape index (κ1) is 22.1. The van der Waals surface area contributed by atoms with Crippen molar-refractivity contribution in [2.45, 2.75) is 33.4 Å². The second-order valence-corrected chi connectivity index (χ2v) is 8.37. The molecule has 1 aliphatic heterocycles. The van der Waals surface area contributed by atoms with Crippen molar-refractivity contribution < 1.29 is 13.9 Å². The number of rotatable bonds is 9. The topological polar surface area (TPSA) is 53.6 Å². The van der Waals surface area contributed by atoms with Crippen molar-refractivity contribution in [1.29, 1.82) is 0 Å². The summed E-state index contributed by atoms with van der Waals surface area (Å²) in [5, 5.41) is 6.37. The number of urea groups is 1. The summed E-state index contributed by atoms with van der Waals surface area (Å²) in [6, 6.07) is 14.1. The van der Waals surface area contributed by atoms with Gasteiger partial charge in [0.25, 0.3) is 0 Å². The summed E-state index contributed by atoms with van der Waals surface area (Å²) in [7, 11) is 0. The van der Waals surface area contributed by atoms with Gasteiger partial charge < -0.3 is 20.3 Å². The first-order chi connectivity index (χ1) is 14.5. The molecule has 2 N–H and O–H groups in total. The lowest BCUT2D eigenvalue weighted by molar-refractivity contribution is 0.185. The molecule has 0 radical (unpaired) electrons. The summed E-state index contributed by atoms with van der Waals surface area (Å²) in [5.41, 5.74) is 1.94. The maximum atomic E-state index is 13.2. The van der Waals surface area contributed by atoms with Gasteiger partial charge in [0.2, 0.25) is 0 Å². The van der Waals surface area contributed by atoms with Gasteiger partial charge in [-0.1, -0.05) is 38.1 Å². The Morgan fingerprint density at radius 3 is 2.50 bits per heavy atom. The van der Waals surface area contributed by atoms with Crippen LogP contribution in [-0.2, 0) is 13.1 Å². The van der Waals surface area contributed by atoms with E-state index in [-0.39, 0.29) is 11.8 Å². The van der Waals surface area contributed by atoms with Gasteiger partial charge in [0.15, 0.2) is 0 Å². The molecule has 5 nitrogen and oxygen atoms in total. The molecule has 0 saturated carbocycles. The third kappa shape index (κ3) is 7.02. The van der Waals surface area contributed by atoms with Crippen molar-refractivity contribution >= 4 is 6.03 Å². The second kappa shape index (κ2) is 11.0. The SMILES string of the molecule is CC(C)COc1ccc(CNC(=O)N(Cc2ccc(F)cc2)C[C@H]2CCNC2)cc1. The Kier molecular flexibility index (Phi) is 8.08. The minimum atomic E-state index is -0.268. The number of carbonyl (C=O) groups excluding carboxylic acids is 1. The number of hydrogen-bond acceptors (Lipinski definition) is 3. The normalized spacial score (nSPS) is 15.9. The molecule has 2 aromatic carbocycles. The van der Waals surface area contributed by atoms with Gasteiger partial charge in [0, 0.05) is 19.6 Å². The van der Waals surface area contributed by atoms with Crippen molar-refractivity contribution in [1.82, 2.24) is 15.5 Å². The maximum absolute atomic E-state index is 13.2. The molecule has 0 spiro atoms. The number of amides is 2.